The zero-order valence-electron chi connectivity index (χ0n) is 13.0. The topological polar surface area (TPSA) is 47.1 Å². The molecule has 2 N–H and O–H groups in total. The summed E-state index contributed by atoms with van der Waals surface area (Å²) in [5.74, 6) is 0.684. The number of rotatable bonds is 4. The van der Waals surface area contributed by atoms with Gasteiger partial charge in [-0.3, -0.25) is 4.68 Å². The standard InChI is InChI=1S/C16H28N4/c1-4-20-15(7-11(2)18-20)10-16(17)12-8-13-5-6-14(9-12)19(13)3/h7,12-14,16H,4-6,8-10,17H2,1-3H3. The highest BCUT2D eigenvalue weighted by Crippen LogP contribution is 2.38. The Kier molecular flexibility index (Phi) is 3.87. The van der Waals surface area contributed by atoms with E-state index in [0.717, 1.165) is 30.7 Å². The van der Waals surface area contributed by atoms with Crippen LogP contribution in [-0.2, 0) is 13.0 Å². The number of aryl methyl sites for hydroxylation is 2. The van der Waals surface area contributed by atoms with Crippen LogP contribution in [0.2, 0.25) is 0 Å². The fourth-order valence-corrected chi connectivity index (χ4v) is 4.25. The molecule has 3 unspecified atom stereocenters. The van der Waals surface area contributed by atoms with Gasteiger partial charge in [0.1, 0.15) is 0 Å². The average molecular weight is 276 g/mol. The minimum Gasteiger partial charge on any atom is -0.327 e. The molecule has 112 valence electrons. The second-order valence-corrected chi connectivity index (χ2v) is 6.74. The number of piperidine rings is 1. The maximum absolute atomic E-state index is 6.55. The molecule has 3 rings (SSSR count). The van der Waals surface area contributed by atoms with E-state index in [-0.39, 0.29) is 6.04 Å². The van der Waals surface area contributed by atoms with Crippen LogP contribution >= 0.6 is 0 Å². The third kappa shape index (κ3) is 2.51. The first-order valence-electron chi connectivity index (χ1n) is 8.09. The molecule has 20 heavy (non-hydrogen) atoms. The molecule has 3 atom stereocenters. The van der Waals surface area contributed by atoms with Crippen LogP contribution in [0.25, 0.3) is 0 Å². The van der Waals surface area contributed by atoms with Crippen LogP contribution in [0.15, 0.2) is 6.07 Å². The molecule has 3 heterocycles. The molecule has 1 aromatic heterocycles. The van der Waals surface area contributed by atoms with Gasteiger partial charge >= 0.3 is 0 Å². The largest absolute Gasteiger partial charge is 0.327 e. The number of hydrogen-bond donors (Lipinski definition) is 1. The van der Waals surface area contributed by atoms with Crippen molar-refractivity contribution in [3.05, 3.63) is 17.5 Å². The second kappa shape index (κ2) is 5.49. The van der Waals surface area contributed by atoms with E-state index in [1.165, 1.54) is 31.4 Å². The van der Waals surface area contributed by atoms with Crippen molar-refractivity contribution in [3.63, 3.8) is 0 Å². The minimum absolute atomic E-state index is 0.285. The molecular weight excluding hydrogens is 248 g/mol. The smallest absolute Gasteiger partial charge is 0.0596 e. The van der Waals surface area contributed by atoms with Crippen molar-refractivity contribution in [3.8, 4) is 0 Å². The lowest BCUT2D eigenvalue weighted by molar-refractivity contribution is 0.120. The van der Waals surface area contributed by atoms with E-state index in [1.807, 2.05) is 0 Å². The van der Waals surface area contributed by atoms with Crippen molar-refractivity contribution in [2.24, 2.45) is 11.7 Å². The minimum atomic E-state index is 0.285. The Morgan fingerprint density at radius 1 is 1.35 bits per heavy atom. The fourth-order valence-electron chi connectivity index (χ4n) is 4.25. The van der Waals surface area contributed by atoms with E-state index >= 15 is 0 Å². The monoisotopic (exact) mass is 276 g/mol. The molecule has 2 bridgehead atoms. The lowest BCUT2D eigenvalue weighted by atomic mass is 9.83. The third-order valence-electron chi connectivity index (χ3n) is 5.47. The summed E-state index contributed by atoms with van der Waals surface area (Å²) in [4.78, 5) is 2.59. The number of hydrogen-bond acceptors (Lipinski definition) is 3. The zero-order chi connectivity index (χ0) is 14.3. The Morgan fingerprint density at radius 3 is 2.60 bits per heavy atom. The Morgan fingerprint density at radius 2 is 2.00 bits per heavy atom. The molecule has 1 aromatic rings. The molecule has 0 aromatic carbocycles. The van der Waals surface area contributed by atoms with E-state index < -0.39 is 0 Å². The molecule has 0 aliphatic carbocycles. The van der Waals surface area contributed by atoms with Crippen LogP contribution in [0.1, 0.15) is 44.0 Å². The van der Waals surface area contributed by atoms with Crippen molar-refractivity contribution >= 4 is 0 Å². The van der Waals surface area contributed by atoms with Gasteiger partial charge in [-0.05, 0) is 58.6 Å². The lowest BCUT2D eigenvalue weighted by Crippen LogP contribution is -2.46. The maximum atomic E-state index is 6.55. The summed E-state index contributed by atoms with van der Waals surface area (Å²) in [7, 11) is 2.29. The molecule has 0 spiro atoms. The van der Waals surface area contributed by atoms with E-state index in [0.29, 0.717) is 5.92 Å². The van der Waals surface area contributed by atoms with E-state index in [9.17, 15) is 0 Å². The summed E-state index contributed by atoms with van der Waals surface area (Å²) in [6.45, 7) is 5.16. The van der Waals surface area contributed by atoms with Crippen molar-refractivity contribution < 1.29 is 0 Å². The van der Waals surface area contributed by atoms with Gasteiger partial charge in [-0.15, -0.1) is 0 Å². The summed E-state index contributed by atoms with van der Waals surface area (Å²) in [5, 5.41) is 4.53. The molecule has 2 aliphatic heterocycles. The van der Waals surface area contributed by atoms with Gasteiger partial charge in [-0.25, -0.2) is 0 Å². The molecule has 2 aliphatic rings. The zero-order valence-corrected chi connectivity index (χ0v) is 13.0. The summed E-state index contributed by atoms with van der Waals surface area (Å²) >= 11 is 0. The predicted octanol–water partition coefficient (Wildman–Crippen LogP) is 1.95. The summed E-state index contributed by atoms with van der Waals surface area (Å²) < 4.78 is 2.11. The Balaban J connectivity index is 1.66. The Labute approximate surface area is 122 Å². The SMILES string of the molecule is CCn1nc(C)cc1CC(N)C1CC2CCC(C1)N2C. The van der Waals surface area contributed by atoms with Crippen molar-refractivity contribution in [2.45, 2.75) is 70.6 Å². The Bertz CT molecular complexity index is 453. The van der Waals surface area contributed by atoms with Crippen LogP contribution in [0.4, 0.5) is 0 Å². The maximum Gasteiger partial charge on any atom is 0.0596 e. The highest BCUT2D eigenvalue weighted by atomic mass is 15.3. The number of aromatic nitrogens is 2. The predicted molar refractivity (Wildman–Crippen MR) is 81.6 cm³/mol. The number of nitrogens with two attached hydrogens (primary N) is 1. The lowest BCUT2D eigenvalue weighted by Gasteiger charge is -2.38. The van der Waals surface area contributed by atoms with Gasteiger partial charge < -0.3 is 10.6 Å². The average Bonchev–Trinajstić information content (AvgIpc) is 2.85. The van der Waals surface area contributed by atoms with Gasteiger partial charge in [-0.2, -0.15) is 5.10 Å². The highest BCUT2D eigenvalue weighted by Gasteiger charge is 2.40. The van der Waals surface area contributed by atoms with Gasteiger partial charge in [0.25, 0.3) is 0 Å². The van der Waals surface area contributed by atoms with Crippen molar-refractivity contribution in [1.82, 2.24) is 14.7 Å². The molecule has 2 saturated heterocycles. The number of fused-ring (bicyclic) bond motifs is 2. The van der Waals surface area contributed by atoms with Crippen molar-refractivity contribution in [1.29, 1.82) is 0 Å². The summed E-state index contributed by atoms with van der Waals surface area (Å²) in [6, 6.07) is 4.05. The van der Waals surface area contributed by atoms with E-state index in [2.05, 4.69) is 41.6 Å². The van der Waals surface area contributed by atoms with Crippen LogP contribution < -0.4 is 5.73 Å². The first kappa shape index (κ1) is 14.1. The van der Waals surface area contributed by atoms with Gasteiger partial charge in [0.05, 0.1) is 5.69 Å². The Hall–Kier alpha value is -0.870. The molecule has 0 amide bonds. The first-order valence-corrected chi connectivity index (χ1v) is 8.09. The normalized spacial score (nSPS) is 31.7. The number of nitrogens with zero attached hydrogens (tertiary/aromatic N) is 3. The molecular formula is C16H28N4. The molecule has 4 nitrogen and oxygen atoms in total. The van der Waals surface area contributed by atoms with Crippen LogP contribution in [0.5, 0.6) is 0 Å². The quantitative estimate of drug-likeness (QED) is 0.914. The first-order chi connectivity index (χ1) is 9.58. The second-order valence-electron chi connectivity index (χ2n) is 6.74. The summed E-state index contributed by atoms with van der Waals surface area (Å²) in [5.41, 5.74) is 8.97. The van der Waals surface area contributed by atoms with E-state index in [4.69, 9.17) is 5.73 Å². The third-order valence-corrected chi connectivity index (χ3v) is 5.47. The van der Waals surface area contributed by atoms with Gasteiger partial charge in [0.2, 0.25) is 0 Å². The van der Waals surface area contributed by atoms with Gasteiger partial charge in [-0.1, -0.05) is 0 Å². The molecule has 4 heteroatoms. The van der Waals surface area contributed by atoms with Crippen molar-refractivity contribution in [2.75, 3.05) is 7.05 Å². The van der Waals surface area contributed by atoms with Gasteiger partial charge in [0, 0.05) is 36.8 Å². The molecule has 0 saturated carbocycles. The summed E-state index contributed by atoms with van der Waals surface area (Å²) in [6.07, 6.45) is 6.29. The van der Waals surface area contributed by atoms with Gasteiger partial charge in [0.15, 0.2) is 0 Å². The molecule has 0 radical (unpaired) electrons. The van der Waals surface area contributed by atoms with Crippen LogP contribution in [0.3, 0.4) is 0 Å². The van der Waals surface area contributed by atoms with Crippen LogP contribution in [-0.4, -0.2) is 39.9 Å². The fraction of sp³-hybridized carbons (Fsp3) is 0.812. The van der Waals surface area contributed by atoms with E-state index in [1.54, 1.807) is 0 Å². The molecule has 2 fully saturated rings. The highest BCUT2D eigenvalue weighted by molar-refractivity contribution is 5.11. The van der Waals surface area contributed by atoms with Crippen LogP contribution in [0, 0.1) is 12.8 Å².